The van der Waals surface area contributed by atoms with Crippen molar-refractivity contribution in [1.82, 2.24) is 5.32 Å². The minimum Gasteiger partial charge on any atom is -0.385 e. The summed E-state index contributed by atoms with van der Waals surface area (Å²) in [6.07, 6.45) is 4.04. The Kier molecular flexibility index (Phi) is 2.46. The summed E-state index contributed by atoms with van der Waals surface area (Å²) in [5, 5.41) is 15.0. The van der Waals surface area contributed by atoms with Crippen LogP contribution in [0.2, 0.25) is 5.02 Å². The fraction of sp³-hybridized carbons (Fsp3) is 0.538. The molecule has 2 N–H and O–H groups in total. The standard InChI is InChI=1S/C13H16ClNO/c14-10-3-1-9(2-4-10)13(16)7-11-5-6-12(8-13)15-11/h1-4,11-12,15-16H,5-8H2/t11-,12-/m1/s1. The molecular weight excluding hydrogens is 222 g/mol. The monoisotopic (exact) mass is 237 g/mol. The van der Waals surface area contributed by atoms with Gasteiger partial charge < -0.3 is 10.4 Å². The molecule has 2 nitrogen and oxygen atoms in total. The zero-order chi connectivity index (χ0) is 11.2. The first-order valence-corrected chi connectivity index (χ1v) is 6.28. The first-order valence-electron chi connectivity index (χ1n) is 5.90. The Morgan fingerprint density at radius 2 is 1.69 bits per heavy atom. The van der Waals surface area contributed by atoms with Crippen LogP contribution in [0.4, 0.5) is 0 Å². The Morgan fingerprint density at radius 1 is 1.12 bits per heavy atom. The molecule has 3 heteroatoms. The maximum atomic E-state index is 10.7. The van der Waals surface area contributed by atoms with Gasteiger partial charge in [0, 0.05) is 17.1 Å². The van der Waals surface area contributed by atoms with Crippen LogP contribution in [0.1, 0.15) is 31.2 Å². The second kappa shape index (κ2) is 3.73. The molecule has 3 rings (SSSR count). The van der Waals surface area contributed by atoms with Gasteiger partial charge in [-0.2, -0.15) is 0 Å². The predicted molar refractivity (Wildman–Crippen MR) is 64.5 cm³/mol. The molecule has 2 heterocycles. The molecule has 2 aliphatic rings. The van der Waals surface area contributed by atoms with E-state index in [-0.39, 0.29) is 0 Å². The molecule has 1 aromatic rings. The van der Waals surface area contributed by atoms with E-state index in [9.17, 15) is 5.11 Å². The number of nitrogens with one attached hydrogen (secondary N) is 1. The largest absolute Gasteiger partial charge is 0.385 e. The van der Waals surface area contributed by atoms with Gasteiger partial charge >= 0.3 is 0 Å². The van der Waals surface area contributed by atoms with Gasteiger partial charge in [0.05, 0.1) is 5.60 Å². The van der Waals surface area contributed by atoms with Crippen molar-refractivity contribution < 1.29 is 5.11 Å². The van der Waals surface area contributed by atoms with Crippen molar-refractivity contribution in [1.29, 1.82) is 0 Å². The van der Waals surface area contributed by atoms with Crippen molar-refractivity contribution in [2.75, 3.05) is 0 Å². The lowest BCUT2D eigenvalue weighted by molar-refractivity contribution is -0.0114. The van der Waals surface area contributed by atoms with Crippen LogP contribution in [0.15, 0.2) is 24.3 Å². The Morgan fingerprint density at radius 3 is 2.25 bits per heavy atom. The quantitative estimate of drug-likeness (QED) is 0.787. The number of fused-ring (bicyclic) bond motifs is 2. The second-order valence-corrected chi connectivity index (χ2v) is 5.52. The minimum absolute atomic E-state index is 0.486. The normalized spacial score (nSPS) is 37.6. The number of hydrogen-bond acceptors (Lipinski definition) is 2. The van der Waals surface area contributed by atoms with E-state index in [1.165, 1.54) is 12.8 Å². The number of hydrogen-bond donors (Lipinski definition) is 2. The van der Waals surface area contributed by atoms with Gasteiger partial charge in [-0.15, -0.1) is 0 Å². The lowest BCUT2D eigenvalue weighted by Gasteiger charge is -2.37. The average molecular weight is 238 g/mol. The molecule has 0 aromatic heterocycles. The molecule has 16 heavy (non-hydrogen) atoms. The Bertz CT molecular complexity index is 377. The van der Waals surface area contributed by atoms with Crippen LogP contribution < -0.4 is 5.32 Å². The molecule has 2 saturated heterocycles. The van der Waals surface area contributed by atoms with Gasteiger partial charge in [0.25, 0.3) is 0 Å². The van der Waals surface area contributed by atoms with Crippen LogP contribution in [-0.4, -0.2) is 17.2 Å². The summed E-state index contributed by atoms with van der Waals surface area (Å²) in [5.41, 5.74) is 0.358. The van der Waals surface area contributed by atoms with E-state index in [2.05, 4.69) is 5.32 Å². The van der Waals surface area contributed by atoms with Crippen LogP contribution in [0.3, 0.4) is 0 Å². The molecular formula is C13H16ClNO. The highest BCUT2D eigenvalue weighted by Gasteiger charge is 2.43. The maximum Gasteiger partial charge on any atom is 0.0926 e. The number of aliphatic hydroxyl groups is 1. The van der Waals surface area contributed by atoms with E-state index in [0.717, 1.165) is 23.4 Å². The number of benzene rings is 1. The summed E-state index contributed by atoms with van der Waals surface area (Å²) in [5.74, 6) is 0. The molecule has 1 aromatic carbocycles. The summed E-state index contributed by atoms with van der Waals surface area (Å²) in [6.45, 7) is 0. The highest BCUT2D eigenvalue weighted by atomic mass is 35.5. The molecule has 0 unspecified atom stereocenters. The fourth-order valence-electron chi connectivity index (χ4n) is 3.12. The smallest absolute Gasteiger partial charge is 0.0926 e. The van der Waals surface area contributed by atoms with Gasteiger partial charge in [-0.25, -0.2) is 0 Å². The zero-order valence-electron chi connectivity index (χ0n) is 9.12. The molecule has 2 atom stereocenters. The first-order chi connectivity index (χ1) is 7.66. The van der Waals surface area contributed by atoms with E-state index in [0.29, 0.717) is 12.1 Å². The van der Waals surface area contributed by atoms with Crippen molar-refractivity contribution in [2.45, 2.75) is 43.4 Å². The first kappa shape index (κ1) is 10.6. The van der Waals surface area contributed by atoms with Crippen molar-refractivity contribution in [3.63, 3.8) is 0 Å². The van der Waals surface area contributed by atoms with Gasteiger partial charge in [-0.1, -0.05) is 23.7 Å². The lowest BCUT2D eigenvalue weighted by Crippen LogP contribution is -2.46. The third-order valence-electron chi connectivity index (χ3n) is 3.88. The van der Waals surface area contributed by atoms with Gasteiger partial charge in [-0.3, -0.25) is 0 Å². The van der Waals surface area contributed by atoms with Gasteiger partial charge in [-0.05, 0) is 43.4 Å². The molecule has 0 saturated carbocycles. The highest BCUT2D eigenvalue weighted by molar-refractivity contribution is 6.30. The number of rotatable bonds is 1. The van der Waals surface area contributed by atoms with E-state index in [1.807, 2.05) is 24.3 Å². The lowest BCUT2D eigenvalue weighted by atomic mass is 9.81. The van der Waals surface area contributed by atoms with Gasteiger partial charge in [0.15, 0.2) is 0 Å². The molecule has 0 spiro atoms. The van der Waals surface area contributed by atoms with E-state index in [4.69, 9.17) is 11.6 Å². The fourth-order valence-corrected chi connectivity index (χ4v) is 3.24. The predicted octanol–water partition coefficient (Wildman–Crippen LogP) is 2.44. The molecule has 0 radical (unpaired) electrons. The van der Waals surface area contributed by atoms with Gasteiger partial charge in [0.2, 0.25) is 0 Å². The summed E-state index contributed by atoms with van der Waals surface area (Å²) < 4.78 is 0. The van der Waals surface area contributed by atoms with Crippen molar-refractivity contribution in [3.05, 3.63) is 34.9 Å². The Hall–Kier alpha value is -0.570. The third-order valence-corrected chi connectivity index (χ3v) is 4.14. The van der Waals surface area contributed by atoms with E-state index in [1.54, 1.807) is 0 Å². The molecule has 2 aliphatic heterocycles. The maximum absolute atomic E-state index is 10.7. The SMILES string of the molecule is OC1(c2ccc(Cl)cc2)C[C@H]2CC[C@H](C1)N2. The average Bonchev–Trinajstić information content (AvgIpc) is 2.59. The van der Waals surface area contributed by atoms with Crippen LogP contribution in [-0.2, 0) is 5.60 Å². The minimum atomic E-state index is -0.651. The third kappa shape index (κ3) is 1.75. The highest BCUT2D eigenvalue weighted by Crippen LogP contribution is 2.40. The summed E-state index contributed by atoms with van der Waals surface area (Å²) in [6, 6.07) is 8.59. The van der Waals surface area contributed by atoms with Gasteiger partial charge in [0.1, 0.15) is 0 Å². The van der Waals surface area contributed by atoms with Crippen LogP contribution in [0, 0.1) is 0 Å². The van der Waals surface area contributed by atoms with Crippen LogP contribution in [0.5, 0.6) is 0 Å². The Labute approximate surface area is 101 Å². The van der Waals surface area contributed by atoms with Crippen molar-refractivity contribution in [3.8, 4) is 0 Å². The van der Waals surface area contributed by atoms with Crippen molar-refractivity contribution >= 4 is 11.6 Å². The van der Waals surface area contributed by atoms with E-state index >= 15 is 0 Å². The summed E-state index contributed by atoms with van der Waals surface area (Å²) in [4.78, 5) is 0. The topological polar surface area (TPSA) is 32.3 Å². The molecule has 86 valence electrons. The van der Waals surface area contributed by atoms with E-state index < -0.39 is 5.60 Å². The molecule has 2 fully saturated rings. The van der Waals surface area contributed by atoms with Crippen molar-refractivity contribution in [2.24, 2.45) is 0 Å². The number of piperidine rings is 1. The molecule has 2 bridgehead atoms. The zero-order valence-corrected chi connectivity index (χ0v) is 9.87. The Balaban J connectivity index is 1.90. The molecule has 0 aliphatic carbocycles. The van der Waals surface area contributed by atoms with Crippen LogP contribution >= 0.6 is 11.6 Å². The second-order valence-electron chi connectivity index (χ2n) is 5.08. The summed E-state index contributed by atoms with van der Waals surface area (Å²) >= 11 is 5.87. The molecule has 0 amide bonds. The van der Waals surface area contributed by atoms with Crippen LogP contribution in [0.25, 0.3) is 0 Å². The summed E-state index contributed by atoms with van der Waals surface area (Å²) in [7, 11) is 0. The number of halogens is 1.